The number of unbranched alkanes of at least 4 members (excludes halogenated alkanes) is 6. The van der Waals surface area contributed by atoms with Gasteiger partial charge < -0.3 is 10.5 Å². The summed E-state index contributed by atoms with van der Waals surface area (Å²) in [5, 5.41) is 0. The summed E-state index contributed by atoms with van der Waals surface area (Å²) in [5.74, 6) is 0.942. The Kier molecular flexibility index (Phi) is 8.36. The molecule has 0 spiro atoms. The van der Waals surface area contributed by atoms with Crippen LogP contribution in [-0.2, 0) is 0 Å². The van der Waals surface area contributed by atoms with Crippen molar-refractivity contribution in [3.8, 4) is 5.75 Å². The normalized spacial score (nSPS) is 12.4. The largest absolute Gasteiger partial charge is 0.496 e. The molecule has 0 fully saturated rings. The first-order valence-corrected chi connectivity index (χ1v) is 8.09. The molecule has 0 saturated carbocycles. The first-order valence-electron chi connectivity index (χ1n) is 8.09. The Bertz CT molecular complexity index is 376. The van der Waals surface area contributed by atoms with Gasteiger partial charge in [0.25, 0.3) is 0 Å². The predicted octanol–water partition coefficient (Wildman–Crippen LogP) is 5.14. The van der Waals surface area contributed by atoms with Gasteiger partial charge in [0.2, 0.25) is 0 Å². The molecular weight excluding hydrogens is 246 g/mol. The van der Waals surface area contributed by atoms with Gasteiger partial charge in [-0.2, -0.15) is 0 Å². The van der Waals surface area contributed by atoms with Crippen molar-refractivity contribution < 1.29 is 4.74 Å². The molecule has 0 aliphatic rings. The molecule has 2 N–H and O–H groups in total. The second-order valence-corrected chi connectivity index (χ2v) is 5.75. The fraction of sp³-hybridized carbons (Fsp3) is 0.667. The minimum atomic E-state index is 0.139. The van der Waals surface area contributed by atoms with Gasteiger partial charge in [-0.25, -0.2) is 0 Å². The number of hydrogen-bond donors (Lipinski definition) is 1. The van der Waals surface area contributed by atoms with Gasteiger partial charge in [0.1, 0.15) is 5.75 Å². The Morgan fingerprint density at radius 3 is 2.35 bits per heavy atom. The monoisotopic (exact) mass is 277 g/mol. The number of hydrogen-bond acceptors (Lipinski definition) is 2. The molecule has 1 aromatic rings. The fourth-order valence-electron chi connectivity index (χ4n) is 2.56. The van der Waals surface area contributed by atoms with E-state index < -0.39 is 0 Å². The molecule has 1 unspecified atom stereocenters. The Labute approximate surface area is 124 Å². The summed E-state index contributed by atoms with van der Waals surface area (Å²) in [6.45, 7) is 4.32. The van der Waals surface area contributed by atoms with Gasteiger partial charge in [-0.05, 0) is 30.5 Å². The second kappa shape index (κ2) is 9.82. The maximum absolute atomic E-state index is 6.28. The third-order valence-electron chi connectivity index (χ3n) is 3.98. The molecular formula is C18H31NO. The van der Waals surface area contributed by atoms with Crippen molar-refractivity contribution in [1.29, 1.82) is 0 Å². The van der Waals surface area contributed by atoms with Crippen molar-refractivity contribution in [3.05, 3.63) is 29.3 Å². The van der Waals surface area contributed by atoms with Crippen molar-refractivity contribution in [3.63, 3.8) is 0 Å². The van der Waals surface area contributed by atoms with E-state index in [0.717, 1.165) is 12.2 Å². The SMILES string of the molecule is CCCCCCCCCC(N)c1ccc(C)c(OC)c1. The third kappa shape index (κ3) is 5.96. The van der Waals surface area contributed by atoms with E-state index in [9.17, 15) is 0 Å². The summed E-state index contributed by atoms with van der Waals surface area (Å²) in [5.41, 5.74) is 8.63. The highest BCUT2D eigenvalue weighted by molar-refractivity contribution is 5.37. The first-order chi connectivity index (χ1) is 9.69. The van der Waals surface area contributed by atoms with Crippen LogP contribution >= 0.6 is 0 Å². The zero-order valence-corrected chi connectivity index (χ0v) is 13.5. The molecule has 1 aromatic carbocycles. The van der Waals surface area contributed by atoms with E-state index in [4.69, 9.17) is 10.5 Å². The summed E-state index contributed by atoms with van der Waals surface area (Å²) in [6, 6.07) is 6.45. The van der Waals surface area contributed by atoms with E-state index in [0.29, 0.717) is 0 Å². The highest BCUT2D eigenvalue weighted by Gasteiger charge is 2.08. The lowest BCUT2D eigenvalue weighted by Crippen LogP contribution is -2.10. The molecule has 20 heavy (non-hydrogen) atoms. The minimum Gasteiger partial charge on any atom is -0.496 e. The molecule has 0 aromatic heterocycles. The van der Waals surface area contributed by atoms with Crippen molar-refractivity contribution in [1.82, 2.24) is 0 Å². The molecule has 2 nitrogen and oxygen atoms in total. The van der Waals surface area contributed by atoms with E-state index in [1.54, 1.807) is 7.11 Å². The maximum atomic E-state index is 6.28. The number of rotatable bonds is 10. The number of methoxy groups -OCH3 is 1. The standard InChI is InChI=1S/C18H31NO/c1-4-5-6-7-8-9-10-11-17(19)16-13-12-15(2)18(14-16)20-3/h12-14,17H,4-11,19H2,1-3H3. The highest BCUT2D eigenvalue weighted by Crippen LogP contribution is 2.25. The first kappa shape index (κ1) is 17.0. The van der Waals surface area contributed by atoms with E-state index in [2.05, 4.69) is 32.0 Å². The van der Waals surface area contributed by atoms with Crippen LogP contribution in [0.3, 0.4) is 0 Å². The summed E-state index contributed by atoms with van der Waals surface area (Å²) in [7, 11) is 1.72. The lowest BCUT2D eigenvalue weighted by molar-refractivity contribution is 0.410. The molecule has 0 aliphatic heterocycles. The molecule has 0 saturated heterocycles. The highest BCUT2D eigenvalue weighted by atomic mass is 16.5. The molecule has 114 valence electrons. The van der Waals surface area contributed by atoms with Crippen molar-refractivity contribution in [2.75, 3.05) is 7.11 Å². The summed E-state index contributed by atoms with van der Waals surface area (Å²) in [4.78, 5) is 0. The van der Waals surface area contributed by atoms with Gasteiger partial charge in [0.15, 0.2) is 0 Å². The maximum Gasteiger partial charge on any atom is 0.122 e. The van der Waals surface area contributed by atoms with Crippen LogP contribution in [-0.4, -0.2) is 7.11 Å². The second-order valence-electron chi connectivity index (χ2n) is 5.75. The van der Waals surface area contributed by atoms with Crippen molar-refractivity contribution >= 4 is 0 Å². The Balaban J connectivity index is 2.27. The average molecular weight is 277 g/mol. The minimum absolute atomic E-state index is 0.139. The van der Waals surface area contributed by atoms with Gasteiger partial charge in [-0.15, -0.1) is 0 Å². The van der Waals surface area contributed by atoms with E-state index in [1.807, 2.05) is 0 Å². The number of aryl methyl sites for hydroxylation is 1. The zero-order valence-electron chi connectivity index (χ0n) is 13.5. The van der Waals surface area contributed by atoms with Crippen molar-refractivity contribution in [2.45, 2.75) is 71.3 Å². The molecule has 0 bridgehead atoms. The number of benzene rings is 1. The lowest BCUT2D eigenvalue weighted by atomic mass is 9.99. The quantitative estimate of drug-likeness (QED) is 0.601. The lowest BCUT2D eigenvalue weighted by Gasteiger charge is -2.14. The molecule has 2 heteroatoms. The van der Waals surface area contributed by atoms with Gasteiger partial charge in [0, 0.05) is 6.04 Å². The smallest absolute Gasteiger partial charge is 0.122 e. The van der Waals surface area contributed by atoms with Crippen LogP contribution in [0, 0.1) is 6.92 Å². The van der Waals surface area contributed by atoms with Crippen LogP contribution in [0.2, 0.25) is 0 Å². The van der Waals surface area contributed by atoms with Gasteiger partial charge in [0.05, 0.1) is 7.11 Å². The van der Waals surface area contributed by atoms with E-state index >= 15 is 0 Å². The molecule has 0 aliphatic carbocycles. The van der Waals surface area contributed by atoms with Crippen LogP contribution in [0.15, 0.2) is 18.2 Å². The average Bonchev–Trinajstić information content (AvgIpc) is 2.46. The molecule has 0 amide bonds. The molecule has 0 radical (unpaired) electrons. The Morgan fingerprint density at radius 2 is 1.70 bits per heavy atom. The van der Waals surface area contributed by atoms with Crippen LogP contribution in [0.5, 0.6) is 5.75 Å². The van der Waals surface area contributed by atoms with E-state index in [1.165, 1.54) is 56.1 Å². The van der Waals surface area contributed by atoms with Crippen LogP contribution < -0.4 is 10.5 Å². The van der Waals surface area contributed by atoms with Gasteiger partial charge >= 0.3 is 0 Å². The molecule has 1 atom stereocenters. The predicted molar refractivity (Wildman–Crippen MR) is 87.3 cm³/mol. The molecule has 0 heterocycles. The van der Waals surface area contributed by atoms with Crippen LogP contribution in [0.4, 0.5) is 0 Å². The summed E-state index contributed by atoms with van der Waals surface area (Å²) >= 11 is 0. The van der Waals surface area contributed by atoms with Crippen molar-refractivity contribution in [2.24, 2.45) is 5.73 Å². The van der Waals surface area contributed by atoms with E-state index in [-0.39, 0.29) is 6.04 Å². The van der Waals surface area contributed by atoms with Crippen LogP contribution in [0.25, 0.3) is 0 Å². The topological polar surface area (TPSA) is 35.2 Å². The summed E-state index contributed by atoms with van der Waals surface area (Å²) < 4.78 is 5.36. The van der Waals surface area contributed by atoms with Gasteiger partial charge in [-0.1, -0.05) is 64.0 Å². The Hall–Kier alpha value is -1.02. The zero-order chi connectivity index (χ0) is 14.8. The number of ether oxygens (including phenoxy) is 1. The van der Waals surface area contributed by atoms with Gasteiger partial charge in [-0.3, -0.25) is 0 Å². The Morgan fingerprint density at radius 1 is 1.05 bits per heavy atom. The summed E-state index contributed by atoms with van der Waals surface area (Å²) in [6.07, 6.45) is 10.4. The number of nitrogens with two attached hydrogens (primary N) is 1. The third-order valence-corrected chi connectivity index (χ3v) is 3.98. The molecule has 1 rings (SSSR count). The fourth-order valence-corrected chi connectivity index (χ4v) is 2.56. The van der Waals surface area contributed by atoms with Crippen LogP contribution in [0.1, 0.15) is 75.5 Å².